The molecule has 3 rings (SSSR count). The minimum atomic E-state index is -0.169. The van der Waals surface area contributed by atoms with E-state index >= 15 is 0 Å². The summed E-state index contributed by atoms with van der Waals surface area (Å²) in [6.07, 6.45) is 0.705. The Labute approximate surface area is 130 Å². The first-order valence-corrected chi connectivity index (χ1v) is 7.65. The zero-order valence-electron chi connectivity index (χ0n) is 13.1. The molecule has 1 atom stereocenters. The molecule has 22 heavy (non-hydrogen) atoms. The molecule has 1 saturated heterocycles. The first-order chi connectivity index (χ1) is 10.6. The Morgan fingerprint density at radius 2 is 2.09 bits per heavy atom. The third-order valence-corrected chi connectivity index (χ3v) is 4.14. The van der Waals surface area contributed by atoms with Crippen LogP contribution in [0.2, 0.25) is 0 Å². The summed E-state index contributed by atoms with van der Waals surface area (Å²) < 4.78 is 10.9. The van der Waals surface area contributed by atoms with Crippen LogP contribution in [0, 0.1) is 13.8 Å². The largest absolute Gasteiger partial charge is 0.489 e. The van der Waals surface area contributed by atoms with Gasteiger partial charge in [-0.1, -0.05) is 17.3 Å². The summed E-state index contributed by atoms with van der Waals surface area (Å²) in [6.45, 7) is 6.89. The zero-order chi connectivity index (χ0) is 15.5. The van der Waals surface area contributed by atoms with Crippen LogP contribution in [0.4, 0.5) is 0 Å². The number of hydrogen-bond acceptors (Lipinski definition) is 5. The fourth-order valence-corrected chi connectivity index (χ4v) is 2.77. The average Bonchev–Trinajstić information content (AvgIpc) is 3.05. The van der Waals surface area contributed by atoms with E-state index in [0.717, 1.165) is 48.8 Å². The van der Waals surface area contributed by atoms with Crippen LogP contribution < -0.4 is 4.74 Å². The molecular formula is C17H22N2O3. The maximum atomic E-state index is 9.55. The molecule has 5 nitrogen and oxygen atoms in total. The zero-order valence-corrected chi connectivity index (χ0v) is 13.1. The van der Waals surface area contributed by atoms with Crippen molar-refractivity contribution >= 4 is 0 Å². The molecule has 0 saturated carbocycles. The van der Waals surface area contributed by atoms with E-state index in [2.05, 4.69) is 22.2 Å². The lowest BCUT2D eigenvalue weighted by molar-refractivity contribution is 0.175. The maximum absolute atomic E-state index is 9.55. The molecule has 0 bridgehead atoms. The van der Waals surface area contributed by atoms with Gasteiger partial charge in [0.25, 0.3) is 0 Å². The first kappa shape index (κ1) is 15.1. The molecule has 118 valence electrons. The van der Waals surface area contributed by atoms with Gasteiger partial charge in [-0.3, -0.25) is 4.90 Å². The summed E-state index contributed by atoms with van der Waals surface area (Å²) in [5, 5.41) is 13.5. The second-order valence-electron chi connectivity index (χ2n) is 5.91. The van der Waals surface area contributed by atoms with Crippen molar-refractivity contribution in [1.29, 1.82) is 0 Å². The van der Waals surface area contributed by atoms with Gasteiger partial charge >= 0.3 is 0 Å². The van der Waals surface area contributed by atoms with Crippen molar-refractivity contribution in [2.24, 2.45) is 0 Å². The predicted molar refractivity (Wildman–Crippen MR) is 82.7 cm³/mol. The van der Waals surface area contributed by atoms with Gasteiger partial charge in [0.1, 0.15) is 18.1 Å². The molecular weight excluding hydrogens is 280 g/mol. The number of aliphatic hydroxyl groups is 1. The van der Waals surface area contributed by atoms with Crippen LogP contribution in [0.25, 0.3) is 0 Å². The summed E-state index contributed by atoms with van der Waals surface area (Å²) in [5.41, 5.74) is 3.12. The van der Waals surface area contributed by atoms with Gasteiger partial charge in [-0.15, -0.1) is 0 Å². The van der Waals surface area contributed by atoms with E-state index in [0.29, 0.717) is 6.61 Å². The van der Waals surface area contributed by atoms with Crippen molar-refractivity contribution in [1.82, 2.24) is 10.1 Å². The van der Waals surface area contributed by atoms with Crippen molar-refractivity contribution < 1.29 is 14.4 Å². The van der Waals surface area contributed by atoms with Crippen LogP contribution in [-0.4, -0.2) is 34.4 Å². The Bertz CT molecular complexity index is 602. The normalized spacial score (nSPS) is 18.8. The number of nitrogens with zero attached hydrogens (tertiary/aromatic N) is 2. The predicted octanol–water partition coefficient (Wildman–Crippen LogP) is 2.44. The van der Waals surface area contributed by atoms with Gasteiger partial charge in [0.05, 0.1) is 17.4 Å². The van der Waals surface area contributed by atoms with Crippen LogP contribution in [0.15, 0.2) is 28.8 Å². The molecule has 1 fully saturated rings. The second kappa shape index (κ2) is 6.50. The third-order valence-electron chi connectivity index (χ3n) is 4.14. The maximum Gasteiger partial charge on any atom is 0.140 e. The van der Waals surface area contributed by atoms with E-state index in [1.54, 1.807) is 0 Å². The number of hydrogen-bond donors (Lipinski definition) is 1. The second-order valence-corrected chi connectivity index (χ2v) is 5.91. The Morgan fingerprint density at radius 3 is 2.68 bits per heavy atom. The number of benzene rings is 1. The number of rotatable bonds is 5. The van der Waals surface area contributed by atoms with Crippen molar-refractivity contribution in [3.63, 3.8) is 0 Å². The van der Waals surface area contributed by atoms with E-state index in [-0.39, 0.29) is 6.10 Å². The molecule has 5 heteroatoms. The highest BCUT2D eigenvalue weighted by atomic mass is 16.5. The summed E-state index contributed by atoms with van der Waals surface area (Å²) in [7, 11) is 0. The minimum Gasteiger partial charge on any atom is -0.489 e. The smallest absolute Gasteiger partial charge is 0.140 e. The lowest BCUT2D eigenvalue weighted by Crippen LogP contribution is -2.21. The number of likely N-dealkylation sites (tertiary alicyclic amines) is 1. The topological polar surface area (TPSA) is 58.7 Å². The van der Waals surface area contributed by atoms with E-state index in [9.17, 15) is 5.11 Å². The number of aryl methyl sites for hydroxylation is 2. The highest BCUT2D eigenvalue weighted by Crippen LogP contribution is 2.19. The number of β-amino-alcohol motifs (C(OH)–C–C–N with tert-alkyl or cyclic N) is 1. The summed E-state index contributed by atoms with van der Waals surface area (Å²) in [4.78, 5) is 2.27. The van der Waals surface area contributed by atoms with Crippen LogP contribution in [0.1, 0.15) is 29.0 Å². The Kier molecular flexibility index (Phi) is 4.45. The van der Waals surface area contributed by atoms with Crippen LogP contribution in [-0.2, 0) is 13.2 Å². The Hall–Kier alpha value is -1.85. The molecule has 1 N–H and O–H groups in total. The SMILES string of the molecule is Cc1noc(C)c1COc1ccc(CN2CC[C@@H](O)C2)cc1. The molecule has 1 aliphatic rings. The van der Waals surface area contributed by atoms with Crippen LogP contribution in [0.3, 0.4) is 0 Å². The fourth-order valence-electron chi connectivity index (χ4n) is 2.77. The van der Waals surface area contributed by atoms with Gasteiger partial charge in [-0.2, -0.15) is 0 Å². The number of aliphatic hydroxyl groups excluding tert-OH is 1. The Balaban J connectivity index is 1.55. The fraction of sp³-hybridized carbons (Fsp3) is 0.471. The van der Waals surface area contributed by atoms with E-state index in [1.165, 1.54) is 5.56 Å². The van der Waals surface area contributed by atoms with Crippen molar-refractivity contribution in [3.8, 4) is 5.75 Å². The van der Waals surface area contributed by atoms with Crippen molar-refractivity contribution in [3.05, 3.63) is 46.8 Å². The third kappa shape index (κ3) is 3.48. The highest BCUT2D eigenvalue weighted by molar-refractivity contribution is 5.28. The van der Waals surface area contributed by atoms with Gasteiger partial charge in [0, 0.05) is 19.6 Å². The summed E-state index contributed by atoms with van der Waals surface area (Å²) >= 11 is 0. The molecule has 2 heterocycles. The van der Waals surface area contributed by atoms with E-state index in [4.69, 9.17) is 9.26 Å². The van der Waals surface area contributed by atoms with Crippen molar-refractivity contribution in [2.45, 2.75) is 39.5 Å². The van der Waals surface area contributed by atoms with Gasteiger partial charge < -0.3 is 14.4 Å². The molecule has 1 aliphatic heterocycles. The lowest BCUT2D eigenvalue weighted by Gasteiger charge is -2.15. The molecule has 0 unspecified atom stereocenters. The average molecular weight is 302 g/mol. The summed E-state index contributed by atoms with van der Waals surface area (Å²) in [5.74, 6) is 1.65. The molecule has 0 aliphatic carbocycles. The molecule has 0 radical (unpaired) electrons. The molecule has 1 aromatic carbocycles. The van der Waals surface area contributed by atoms with Crippen LogP contribution in [0.5, 0.6) is 5.75 Å². The molecule has 0 spiro atoms. The lowest BCUT2D eigenvalue weighted by atomic mass is 10.2. The Morgan fingerprint density at radius 1 is 1.32 bits per heavy atom. The summed E-state index contributed by atoms with van der Waals surface area (Å²) in [6, 6.07) is 8.13. The molecule has 2 aromatic rings. The molecule has 0 amide bonds. The quantitative estimate of drug-likeness (QED) is 0.919. The first-order valence-electron chi connectivity index (χ1n) is 7.65. The highest BCUT2D eigenvalue weighted by Gasteiger charge is 2.19. The number of ether oxygens (including phenoxy) is 1. The van der Waals surface area contributed by atoms with E-state index in [1.807, 2.05) is 26.0 Å². The van der Waals surface area contributed by atoms with Crippen molar-refractivity contribution in [2.75, 3.05) is 13.1 Å². The monoisotopic (exact) mass is 302 g/mol. The van der Waals surface area contributed by atoms with E-state index < -0.39 is 0 Å². The standard InChI is InChI=1S/C17H22N2O3/c1-12-17(13(2)22-18-12)11-21-16-5-3-14(4-6-16)9-19-8-7-15(20)10-19/h3-6,15,20H,7-11H2,1-2H3/t15-/m1/s1. The number of aromatic nitrogens is 1. The van der Waals surface area contributed by atoms with Gasteiger partial charge in [-0.25, -0.2) is 0 Å². The van der Waals surface area contributed by atoms with Gasteiger partial charge in [0.15, 0.2) is 0 Å². The van der Waals surface area contributed by atoms with Crippen LogP contribution >= 0.6 is 0 Å². The minimum absolute atomic E-state index is 0.169. The van der Waals surface area contributed by atoms with Gasteiger partial charge in [0.2, 0.25) is 0 Å². The van der Waals surface area contributed by atoms with Gasteiger partial charge in [-0.05, 0) is 38.0 Å². The molecule has 1 aromatic heterocycles.